The summed E-state index contributed by atoms with van der Waals surface area (Å²) < 4.78 is 5.61. The van der Waals surface area contributed by atoms with Crippen LogP contribution < -0.4 is 11.1 Å². The van der Waals surface area contributed by atoms with Gasteiger partial charge in [-0.05, 0) is 31.2 Å². The number of carbonyl (C=O) groups excluding carboxylic acids is 1. The molecule has 1 atom stereocenters. The van der Waals surface area contributed by atoms with E-state index in [9.17, 15) is 4.79 Å². The molecule has 0 radical (unpaired) electrons. The Morgan fingerprint density at radius 3 is 2.56 bits per heavy atom. The van der Waals surface area contributed by atoms with Crippen molar-refractivity contribution in [3.63, 3.8) is 0 Å². The summed E-state index contributed by atoms with van der Waals surface area (Å²) in [6, 6.07) is 0. The summed E-state index contributed by atoms with van der Waals surface area (Å²) in [5, 5.41) is 3.23. The monoisotopic (exact) mass is 228 g/mol. The highest BCUT2D eigenvalue weighted by molar-refractivity contribution is 5.85. The molecule has 94 valence electrons. The molecule has 4 nitrogen and oxygen atoms in total. The van der Waals surface area contributed by atoms with E-state index in [2.05, 4.69) is 19.2 Å². The van der Waals surface area contributed by atoms with E-state index in [1.54, 1.807) is 0 Å². The lowest BCUT2D eigenvalue weighted by Crippen LogP contribution is -2.60. The molecule has 0 aromatic carbocycles. The van der Waals surface area contributed by atoms with Gasteiger partial charge in [-0.25, -0.2) is 0 Å². The molecule has 4 heteroatoms. The fourth-order valence-electron chi connectivity index (χ4n) is 2.02. The summed E-state index contributed by atoms with van der Waals surface area (Å²) in [7, 11) is 0. The summed E-state index contributed by atoms with van der Waals surface area (Å²) in [5.41, 5.74) is 4.90. The van der Waals surface area contributed by atoms with Gasteiger partial charge in [-0.3, -0.25) is 4.79 Å². The number of nitrogens with one attached hydrogen (secondary N) is 1. The topological polar surface area (TPSA) is 64.3 Å². The predicted molar refractivity (Wildman–Crippen MR) is 64.0 cm³/mol. The van der Waals surface area contributed by atoms with Gasteiger partial charge in [0, 0.05) is 6.61 Å². The maximum absolute atomic E-state index is 11.6. The van der Waals surface area contributed by atoms with E-state index in [1.165, 1.54) is 0 Å². The van der Waals surface area contributed by atoms with Crippen LogP contribution >= 0.6 is 0 Å². The van der Waals surface area contributed by atoms with Crippen molar-refractivity contribution in [1.82, 2.24) is 5.32 Å². The molecular formula is C12H24N2O2. The zero-order chi connectivity index (χ0) is 12.2. The molecule has 0 aromatic rings. The van der Waals surface area contributed by atoms with E-state index in [0.29, 0.717) is 25.0 Å². The van der Waals surface area contributed by atoms with E-state index in [1.807, 2.05) is 6.92 Å². The normalized spacial score (nSPS) is 19.8. The van der Waals surface area contributed by atoms with Crippen LogP contribution in [0.25, 0.3) is 0 Å². The first-order valence-corrected chi connectivity index (χ1v) is 6.15. The highest BCUT2D eigenvalue weighted by Crippen LogP contribution is 2.39. The average molecular weight is 228 g/mol. The van der Waals surface area contributed by atoms with Crippen molar-refractivity contribution in [2.75, 3.05) is 19.8 Å². The Bertz CT molecular complexity index is 239. The van der Waals surface area contributed by atoms with Crippen LogP contribution in [-0.4, -0.2) is 31.2 Å². The quantitative estimate of drug-likeness (QED) is 0.649. The van der Waals surface area contributed by atoms with Gasteiger partial charge in [-0.1, -0.05) is 20.8 Å². The maximum Gasteiger partial charge on any atom is 0.240 e. The van der Waals surface area contributed by atoms with Crippen molar-refractivity contribution in [1.29, 1.82) is 0 Å². The molecule has 1 amide bonds. The Kier molecular flexibility index (Phi) is 4.74. The van der Waals surface area contributed by atoms with E-state index in [-0.39, 0.29) is 5.91 Å². The molecule has 3 N–H and O–H groups in total. The summed E-state index contributed by atoms with van der Waals surface area (Å²) in [4.78, 5) is 11.6. The van der Waals surface area contributed by atoms with Crippen molar-refractivity contribution in [3.8, 4) is 0 Å². The minimum Gasteiger partial charge on any atom is -0.379 e. The minimum absolute atomic E-state index is 0.277. The van der Waals surface area contributed by atoms with Crippen molar-refractivity contribution >= 4 is 5.91 Å². The third-order valence-corrected chi connectivity index (χ3v) is 2.99. The summed E-state index contributed by atoms with van der Waals surface area (Å²) >= 11 is 0. The number of likely N-dealkylation sites (N-methyl/N-ethyl adjacent to an activating group) is 1. The van der Waals surface area contributed by atoms with Crippen LogP contribution in [0.5, 0.6) is 0 Å². The standard InChI is InChI=1S/C12H24N2O2/c1-4-14-12(11(13)15,10-5-6-10)8-16-7-9(2)3/h9-10,14H,4-8H2,1-3H3,(H2,13,15). The van der Waals surface area contributed by atoms with Crippen molar-refractivity contribution in [2.45, 2.75) is 39.2 Å². The highest BCUT2D eigenvalue weighted by Gasteiger charge is 2.49. The molecule has 0 heterocycles. The lowest BCUT2D eigenvalue weighted by Gasteiger charge is -2.31. The molecule has 1 rings (SSSR count). The maximum atomic E-state index is 11.6. The Hall–Kier alpha value is -0.610. The Morgan fingerprint density at radius 1 is 1.56 bits per heavy atom. The van der Waals surface area contributed by atoms with Crippen molar-refractivity contribution in [3.05, 3.63) is 0 Å². The van der Waals surface area contributed by atoms with Gasteiger partial charge in [0.05, 0.1) is 6.61 Å². The van der Waals surface area contributed by atoms with Crippen LogP contribution in [-0.2, 0) is 9.53 Å². The van der Waals surface area contributed by atoms with Gasteiger partial charge >= 0.3 is 0 Å². The number of carbonyl (C=O) groups is 1. The van der Waals surface area contributed by atoms with Crippen LogP contribution in [0.1, 0.15) is 33.6 Å². The first-order chi connectivity index (χ1) is 7.53. The average Bonchev–Trinajstić information content (AvgIpc) is 2.98. The highest BCUT2D eigenvalue weighted by atomic mass is 16.5. The largest absolute Gasteiger partial charge is 0.379 e. The van der Waals surface area contributed by atoms with Crippen molar-refractivity contribution in [2.24, 2.45) is 17.6 Å². The Balaban J connectivity index is 2.57. The van der Waals surface area contributed by atoms with E-state index < -0.39 is 5.54 Å². The van der Waals surface area contributed by atoms with Crippen LogP contribution in [0.4, 0.5) is 0 Å². The zero-order valence-electron chi connectivity index (χ0n) is 10.6. The number of ether oxygens (including phenoxy) is 1. The van der Waals surface area contributed by atoms with Gasteiger partial charge in [-0.15, -0.1) is 0 Å². The summed E-state index contributed by atoms with van der Waals surface area (Å²) in [5.74, 6) is 0.559. The van der Waals surface area contributed by atoms with E-state index in [0.717, 1.165) is 19.4 Å². The van der Waals surface area contributed by atoms with Gasteiger partial charge < -0.3 is 15.8 Å². The number of primary amides is 1. The van der Waals surface area contributed by atoms with Gasteiger partial charge in [0.1, 0.15) is 5.54 Å². The fraction of sp³-hybridized carbons (Fsp3) is 0.917. The zero-order valence-corrected chi connectivity index (χ0v) is 10.6. The molecule has 1 aliphatic carbocycles. The molecule has 1 fully saturated rings. The Morgan fingerprint density at radius 2 is 2.19 bits per heavy atom. The fourth-order valence-corrected chi connectivity index (χ4v) is 2.02. The number of nitrogens with two attached hydrogens (primary N) is 1. The molecule has 0 saturated heterocycles. The SMILES string of the molecule is CCNC(COCC(C)C)(C(N)=O)C1CC1. The smallest absolute Gasteiger partial charge is 0.240 e. The van der Waals surface area contributed by atoms with Gasteiger partial charge in [0.25, 0.3) is 0 Å². The molecule has 0 bridgehead atoms. The van der Waals surface area contributed by atoms with Crippen molar-refractivity contribution < 1.29 is 9.53 Å². The third kappa shape index (κ3) is 3.19. The first-order valence-electron chi connectivity index (χ1n) is 6.15. The van der Waals surface area contributed by atoms with Gasteiger partial charge in [-0.2, -0.15) is 0 Å². The molecule has 1 aliphatic rings. The molecule has 0 spiro atoms. The van der Waals surface area contributed by atoms with E-state index in [4.69, 9.17) is 10.5 Å². The Labute approximate surface area is 97.9 Å². The molecule has 0 aliphatic heterocycles. The molecule has 16 heavy (non-hydrogen) atoms. The molecule has 1 unspecified atom stereocenters. The second kappa shape index (κ2) is 5.64. The lowest BCUT2D eigenvalue weighted by atomic mass is 9.93. The number of hydrogen-bond acceptors (Lipinski definition) is 3. The van der Waals surface area contributed by atoms with Gasteiger partial charge in [0.15, 0.2) is 0 Å². The predicted octanol–water partition coefficient (Wildman–Crippen LogP) is 0.903. The summed E-state index contributed by atoms with van der Waals surface area (Å²) in [6.45, 7) is 7.99. The second-order valence-corrected chi connectivity index (χ2v) is 5.05. The van der Waals surface area contributed by atoms with Crippen LogP contribution in [0.3, 0.4) is 0 Å². The third-order valence-electron chi connectivity index (χ3n) is 2.99. The second-order valence-electron chi connectivity index (χ2n) is 5.05. The first kappa shape index (κ1) is 13.5. The van der Waals surface area contributed by atoms with Gasteiger partial charge in [0.2, 0.25) is 5.91 Å². The number of rotatable bonds is 8. The molecule has 1 saturated carbocycles. The number of amides is 1. The molecule has 0 aromatic heterocycles. The summed E-state index contributed by atoms with van der Waals surface area (Å²) in [6.07, 6.45) is 2.14. The van der Waals surface area contributed by atoms with Crippen LogP contribution in [0.2, 0.25) is 0 Å². The van der Waals surface area contributed by atoms with Crippen LogP contribution in [0, 0.1) is 11.8 Å². The number of hydrogen-bond donors (Lipinski definition) is 2. The van der Waals surface area contributed by atoms with Crippen LogP contribution in [0.15, 0.2) is 0 Å². The lowest BCUT2D eigenvalue weighted by molar-refractivity contribution is -0.128. The van der Waals surface area contributed by atoms with E-state index >= 15 is 0 Å². The molecular weight excluding hydrogens is 204 g/mol. The minimum atomic E-state index is -0.635.